The Bertz CT molecular complexity index is 482. The molecular weight excluding hydrogens is 270 g/mol. The van der Waals surface area contributed by atoms with Crippen molar-refractivity contribution >= 4 is 11.9 Å². The molecule has 0 aromatic carbocycles. The standard InChI is InChI=1S/C16H23NO4/c1-10-6-4-7-13(11(10)2)17-15(18)12(3)21-16(19)14-8-5-9-20-14/h5,8-13H,4,6-7H2,1-3H3,(H,17,18)/t10-,11+,12+,13+/m0/s1. The van der Waals surface area contributed by atoms with E-state index < -0.39 is 12.1 Å². The minimum atomic E-state index is -0.827. The van der Waals surface area contributed by atoms with Gasteiger partial charge in [-0.05, 0) is 37.3 Å². The zero-order chi connectivity index (χ0) is 15.4. The number of carbonyl (C=O) groups excluding carboxylic acids is 2. The quantitative estimate of drug-likeness (QED) is 0.867. The maximum absolute atomic E-state index is 12.1. The number of furan rings is 1. The molecule has 0 aliphatic heterocycles. The first kappa shape index (κ1) is 15.6. The van der Waals surface area contributed by atoms with Crippen LogP contribution in [0.5, 0.6) is 0 Å². The van der Waals surface area contributed by atoms with E-state index in [2.05, 4.69) is 19.2 Å². The summed E-state index contributed by atoms with van der Waals surface area (Å²) in [6.45, 7) is 5.95. The molecule has 1 heterocycles. The van der Waals surface area contributed by atoms with Gasteiger partial charge in [-0.3, -0.25) is 4.79 Å². The Labute approximate surface area is 125 Å². The van der Waals surface area contributed by atoms with Crippen molar-refractivity contribution in [3.63, 3.8) is 0 Å². The second-order valence-electron chi connectivity index (χ2n) is 5.91. The van der Waals surface area contributed by atoms with Crippen molar-refractivity contribution < 1.29 is 18.7 Å². The Morgan fingerprint density at radius 3 is 2.81 bits per heavy atom. The van der Waals surface area contributed by atoms with Gasteiger partial charge in [0.25, 0.3) is 5.91 Å². The predicted molar refractivity (Wildman–Crippen MR) is 77.7 cm³/mol. The predicted octanol–water partition coefficient (Wildman–Crippen LogP) is 2.77. The molecular formula is C16H23NO4. The number of hydrogen-bond donors (Lipinski definition) is 1. The van der Waals surface area contributed by atoms with Gasteiger partial charge in [0.1, 0.15) is 0 Å². The summed E-state index contributed by atoms with van der Waals surface area (Å²) in [4.78, 5) is 23.9. The topological polar surface area (TPSA) is 68.5 Å². The molecule has 0 bridgehead atoms. The smallest absolute Gasteiger partial charge is 0.374 e. The molecule has 116 valence electrons. The van der Waals surface area contributed by atoms with Gasteiger partial charge < -0.3 is 14.5 Å². The molecule has 0 spiro atoms. The van der Waals surface area contributed by atoms with Crippen LogP contribution in [0.4, 0.5) is 0 Å². The van der Waals surface area contributed by atoms with Crippen molar-refractivity contribution in [2.24, 2.45) is 11.8 Å². The van der Waals surface area contributed by atoms with Gasteiger partial charge in [0.2, 0.25) is 5.76 Å². The van der Waals surface area contributed by atoms with Crippen molar-refractivity contribution in [3.05, 3.63) is 24.2 Å². The van der Waals surface area contributed by atoms with Gasteiger partial charge in [-0.15, -0.1) is 0 Å². The van der Waals surface area contributed by atoms with Crippen LogP contribution in [-0.2, 0) is 9.53 Å². The van der Waals surface area contributed by atoms with Gasteiger partial charge in [-0.25, -0.2) is 4.79 Å². The molecule has 5 heteroatoms. The van der Waals surface area contributed by atoms with E-state index in [0.717, 1.165) is 12.8 Å². The molecule has 0 unspecified atom stereocenters. The van der Waals surface area contributed by atoms with E-state index in [0.29, 0.717) is 11.8 Å². The number of amides is 1. The van der Waals surface area contributed by atoms with E-state index in [1.54, 1.807) is 13.0 Å². The lowest BCUT2D eigenvalue weighted by molar-refractivity contribution is -0.130. The third-order valence-corrected chi connectivity index (χ3v) is 4.41. The Morgan fingerprint density at radius 2 is 2.14 bits per heavy atom. The number of rotatable bonds is 4. The Hall–Kier alpha value is -1.78. The fourth-order valence-electron chi connectivity index (χ4n) is 2.75. The van der Waals surface area contributed by atoms with Gasteiger partial charge >= 0.3 is 5.97 Å². The summed E-state index contributed by atoms with van der Waals surface area (Å²) in [5, 5.41) is 3.00. The molecule has 1 amide bonds. The molecule has 1 aliphatic rings. The van der Waals surface area contributed by atoms with Crippen LogP contribution in [0.25, 0.3) is 0 Å². The maximum Gasteiger partial charge on any atom is 0.374 e. The average Bonchev–Trinajstić information content (AvgIpc) is 2.98. The van der Waals surface area contributed by atoms with E-state index in [1.165, 1.54) is 18.8 Å². The first-order valence-corrected chi connectivity index (χ1v) is 7.54. The minimum absolute atomic E-state index is 0.106. The molecule has 0 radical (unpaired) electrons. The molecule has 5 nitrogen and oxygen atoms in total. The zero-order valence-corrected chi connectivity index (χ0v) is 12.8. The first-order valence-electron chi connectivity index (χ1n) is 7.54. The summed E-state index contributed by atoms with van der Waals surface area (Å²) in [5.41, 5.74) is 0. The molecule has 1 saturated carbocycles. The maximum atomic E-state index is 12.1. The van der Waals surface area contributed by atoms with Crippen LogP contribution < -0.4 is 5.32 Å². The molecule has 2 rings (SSSR count). The Kier molecular flexibility index (Phi) is 5.04. The van der Waals surface area contributed by atoms with Crippen molar-refractivity contribution in [2.75, 3.05) is 0 Å². The summed E-state index contributed by atoms with van der Waals surface area (Å²) in [6, 6.07) is 3.27. The van der Waals surface area contributed by atoms with E-state index in [-0.39, 0.29) is 17.7 Å². The number of hydrogen-bond acceptors (Lipinski definition) is 4. The van der Waals surface area contributed by atoms with Gasteiger partial charge in [0, 0.05) is 6.04 Å². The van der Waals surface area contributed by atoms with E-state index in [9.17, 15) is 9.59 Å². The highest BCUT2D eigenvalue weighted by molar-refractivity contribution is 5.90. The number of nitrogens with one attached hydrogen (secondary N) is 1. The fourth-order valence-corrected chi connectivity index (χ4v) is 2.75. The monoisotopic (exact) mass is 293 g/mol. The summed E-state index contributed by atoms with van der Waals surface area (Å²) in [7, 11) is 0. The second kappa shape index (κ2) is 6.78. The molecule has 1 N–H and O–H groups in total. The van der Waals surface area contributed by atoms with E-state index in [1.807, 2.05) is 0 Å². The van der Waals surface area contributed by atoms with Crippen LogP contribution in [0.3, 0.4) is 0 Å². The number of esters is 1. The Balaban J connectivity index is 1.86. The van der Waals surface area contributed by atoms with Crippen molar-refractivity contribution in [3.8, 4) is 0 Å². The highest BCUT2D eigenvalue weighted by Gasteiger charge is 2.30. The molecule has 1 aliphatic carbocycles. The van der Waals surface area contributed by atoms with Crippen molar-refractivity contribution in [2.45, 2.75) is 52.2 Å². The van der Waals surface area contributed by atoms with E-state index in [4.69, 9.17) is 9.15 Å². The molecule has 1 aromatic rings. The zero-order valence-electron chi connectivity index (χ0n) is 12.8. The molecule has 1 aromatic heterocycles. The molecule has 1 fully saturated rings. The normalized spacial score (nSPS) is 26.9. The molecule has 4 atom stereocenters. The van der Waals surface area contributed by atoms with Crippen LogP contribution in [0.2, 0.25) is 0 Å². The highest BCUT2D eigenvalue weighted by atomic mass is 16.6. The average molecular weight is 293 g/mol. The van der Waals surface area contributed by atoms with Crippen LogP contribution in [0.1, 0.15) is 50.6 Å². The van der Waals surface area contributed by atoms with Gasteiger partial charge in [-0.2, -0.15) is 0 Å². The Morgan fingerprint density at radius 1 is 1.38 bits per heavy atom. The third kappa shape index (κ3) is 3.86. The highest BCUT2D eigenvalue weighted by Crippen LogP contribution is 2.29. The van der Waals surface area contributed by atoms with Crippen molar-refractivity contribution in [1.29, 1.82) is 0 Å². The molecule has 21 heavy (non-hydrogen) atoms. The first-order chi connectivity index (χ1) is 9.99. The van der Waals surface area contributed by atoms with Gasteiger partial charge in [0.05, 0.1) is 6.26 Å². The SMILES string of the molecule is C[C@@H]1[C@@H](C)CCC[C@H]1NC(=O)[C@@H](C)OC(=O)c1ccco1. The van der Waals surface area contributed by atoms with E-state index >= 15 is 0 Å². The summed E-state index contributed by atoms with van der Waals surface area (Å²) in [5.74, 6) is 0.281. The van der Waals surface area contributed by atoms with Crippen LogP contribution in [-0.4, -0.2) is 24.0 Å². The summed E-state index contributed by atoms with van der Waals surface area (Å²) in [6.07, 6.45) is 3.88. The number of carbonyl (C=O) groups is 2. The summed E-state index contributed by atoms with van der Waals surface area (Å²) >= 11 is 0. The van der Waals surface area contributed by atoms with Gasteiger partial charge in [0.15, 0.2) is 6.10 Å². The number of ether oxygens (including phenoxy) is 1. The molecule has 0 saturated heterocycles. The minimum Gasteiger partial charge on any atom is -0.457 e. The fraction of sp³-hybridized carbons (Fsp3) is 0.625. The third-order valence-electron chi connectivity index (χ3n) is 4.41. The second-order valence-corrected chi connectivity index (χ2v) is 5.91. The lowest BCUT2D eigenvalue weighted by atomic mass is 9.78. The van der Waals surface area contributed by atoms with Crippen LogP contribution in [0.15, 0.2) is 22.8 Å². The lowest BCUT2D eigenvalue weighted by Gasteiger charge is -2.35. The van der Waals surface area contributed by atoms with Gasteiger partial charge in [-0.1, -0.05) is 26.7 Å². The van der Waals surface area contributed by atoms with Crippen molar-refractivity contribution in [1.82, 2.24) is 5.32 Å². The lowest BCUT2D eigenvalue weighted by Crippen LogP contribution is -2.47. The largest absolute Gasteiger partial charge is 0.457 e. The van der Waals surface area contributed by atoms with Crippen LogP contribution in [0, 0.1) is 11.8 Å². The van der Waals surface area contributed by atoms with Crippen LogP contribution >= 0.6 is 0 Å². The summed E-state index contributed by atoms with van der Waals surface area (Å²) < 4.78 is 10.1.